The third kappa shape index (κ3) is 3.94. The fraction of sp³-hybridized carbons (Fsp3) is 0.500. The molecule has 2 N–H and O–H groups in total. The molecule has 1 amide bonds. The summed E-state index contributed by atoms with van der Waals surface area (Å²) in [6, 6.07) is 5.27. The Morgan fingerprint density at radius 3 is 3.11 bits per heavy atom. The van der Waals surface area contributed by atoms with Crippen LogP contribution in [-0.2, 0) is 4.79 Å². The minimum atomic E-state index is -0.107. The van der Waals surface area contributed by atoms with Crippen molar-refractivity contribution in [1.29, 1.82) is 0 Å². The molecule has 0 bridgehead atoms. The standard InChI is InChI=1S/C14H18BrClN2O/c1-2-9-5-6-17-13(7-9)14(19)18-12-8-10(16)3-4-11(12)15/h3-4,8-9,13,17H,2,5-7H2,1H3,(H,18,19). The number of anilines is 1. The molecule has 1 aromatic carbocycles. The second kappa shape index (κ2) is 6.73. The zero-order valence-corrected chi connectivity index (χ0v) is 13.2. The summed E-state index contributed by atoms with van der Waals surface area (Å²) in [5.41, 5.74) is 0.720. The highest BCUT2D eigenvalue weighted by molar-refractivity contribution is 9.10. The van der Waals surface area contributed by atoms with Gasteiger partial charge < -0.3 is 10.6 Å². The van der Waals surface area contributed by atoms with E-state index in [-0.39, 0.29) is 11.9 Å². The average Bonchev–Trinajstić information content (AvgIpc) is 2.43. The van der Waals surface area contributed by atoms with Gasteiger partial charge in [0.15, 0.2) is 0 Å². The van der Waals surface area contributed by atoms with Crippen LogP contribution in [0, 0.1) is 5.92 Å². The van der Waals surface area contributed by atoms with Gasteiger partial charge in [-0.3, -0.25) is 4.79 Å². The van der Waals surface area contributed by atoms with Crippen LogP contribution in [0.4, 0.5) is 5.69 Å². The predicted octanol–water partition coefficient (Wildman–Crippen LogP) is 3.82. The van der Waals surface area contributed by atoms with Crippen molar-refractivity contribution in [3.8, 4) is 0 Å². The maximum Gasteiger partial charge on any atom is 0.241 e. The molecule has 3 nitrogen and oxygen atoms in total. The van der Waals surface area contributed by atoms with Crippen molar-refractivity contribution in [2.24, 2.45) is 5.92 Å². The minimum absolute atomic E-state index is 0.0149. The molecule has 1 aromatic rings. The molecule has 1 aliphatic heterocycles. The third-order valence-electron chi connectivity index (χ3n) is 3.59. The summed E-state index contributed by atoms with van der Waals surface area (Å²) in [5, 5.41) is 6.82. The van der Waals surface area contributed by atoms with E-state index < -0.39 is 0 Å². The van der Waals surface area contributed by atoms with Gasteiger partial charge in [-0.1, -0.05) is 24.9 Å². The second-order valence-electron chi connectivity index (χ2n) is 4.92. The number of piperidine rings is 1. The van der Waals surface area contributed by atoms with E-state index in [1.54, 1.807) is 12.1 Å². The van der Waals surface area contributed by atoms with Crippen molar-refractivity contribution in [3.05, 3.63) is 27.7 Å². The van der Waals surface area contributed by atoms with Gasteiger partial charge in [0.2, 0.25) is 5.91 Å². The zero-order valence-electron chi connectivity index (χ0n) is 10.9. The van der Waals surface area contributed by atoms with Crippen LogP contribution >= 0.6 is 27.5 Å². The van der Waals surface area contributed by atoms with Gasteiger partial charge in [-0.05, 0) is 59.4 Å². The lowest BCUT2D eigenvalue weighted by molar-refractivity contribution is -0.119. The normalized spacial score (nSPS) is 23.1. The second-order valence-corrected chi connectivity index (χ2v) is 6.21. The van der Waals surface area contributed by atoms with E-state index in [1.165, 1.54) is 0 Å². The number of rotatable bonds is 3. The van der Waals surface area contributed by atoms with Crippen molar-refractivity contribution >= 4 is 39.1 Å². The summed E-state index contributed by atoms with van der Waals surface area (Å²) in [6.07, 6.45) is 3.19. The molecule has 0 saturated carbocycles. The minimum Gasteiger partial charge on any atom is -0.324 e. The molecule has 0 radical (unpaired) electrons. The lowest BCUT2D eigenvalue weighted by atomic mass is 9.90. The lowest BCUT2D eigenvalue weighted by Gasteiger charge is -2.29. The quantitative estimate of drug-likeness (QED) is 0.874. The first kappa shape index (κ1) is 14.8. The summed E-state index contributed by atoms with van der Waals surface area (Å²) in [6.45, 7) is 3.09. The Morgan fingerprint density at radius 2 is 2.37 bits per heavy atom. The first-order chi connectivity index (χ1) is 9.10. The number of benzene rings is 1. The maximum absolute atomic E-state index is 12.3. The van der Waals surface area contributed by atoms with Crippen molar-refractivity contribution in [3.63, 3.8) is 0 Å². The lowest BCUT2D eigenvalue weighted by Crippen LogP contribution is -2.46. The molecule has 5 heteroatoms. The monoisotopic (exact) mass is 344 g/mol. The fourth-order valence-electron chi connectivity index (χ4n) is 2.38. The Balaban J connectivity index is 2.02. The summed E-state index contributed by atoms with van der Waals surface area (Å²) in [7, 11) is 0. The van der Waals surface area contributed by atoms with Crippen molar-refractivity contribution < 1.29 is 4.79 Å². The van der Waals surface area contributed by atoms with Crippen LogP contribution in [0.5, 0.6) is 0 Å². The molecule has 2 unspecified atom stereocenters. The Hall–Kier alpha value is -0.580. The molecule has 0 aromatic heterocycles. The first-order valence-corrected chi connectivity index (χ1v) is 7.76. The molecule has 104 valence electrons. The van der Waals surface area contributed by atoms with E-state index in [2.05, 4.69) is 33.5 Å². The molecule has 1 aliphatic rings. The number of carbonyl (C=O) groups is 1. The summed E-state index contributed by atoms with van der Waals surface area (Å²) < 4.78 is 0.841. The van der Waals surface area contributed by atoms with E-state index in [9.17, 15) is 4.79 Å². The van der Waals surface area contributed by atoms with Gasteiger partial charge in [-0.25, -0.2) is 0 Å². The molecule has 0 aliphatic carbocycles. The van der Waals surface area contributed by atoms with Crippen LogP contribution in [0.2, 0.25) is 5.02 Å². The van der Waals surface area contributed by atoms with Crippen LogP contribution < -0.4 is 10.6 Å². The van der Waals surface area contributed by atoms with Crippen LogP contribution in [0.3, 0.4) is 0 Å². The van der Waals surface area contributed by atoms with Crippen molar-refractivity contribution in [1.82, 2.24) is 5.32 Å². The SMILES string of the molecule is CCC1CCNC(C(=O)Nc2cc(Cl)ccc2Br)C1. The topological polar surface area (TPSA) is 41.1 Å². The number of halogens is 2. The molecular weight excluding hydrogens is 328 g/mol. The molecule has 1 fully saturated rings. The van der Waals surface area contributed by atoms with E-state index >= 15 is 0 Å². The molecule has 2 rings (SSSR count). The van der Waals surface area contributed by atoms with E-state index in [0.717, 1.165) is 36.0 Å². The Morgan fingerprint density at radius 1 is 1.58 bits per heavy atom. The number of hydrogen-bond acceptors (Lipinski definition) is 2. The molecule has 19 heavy (non-hydrogen) atoms. The van der Waals surface area contributed by atoms with Crippen LogP contribution in [-0.4, -0.2) is 18.5 Å². The van der Waals surface area contributed by atoms with Crippen LogP contribution in [0.15, 0.2) is 22.7 Å². The molecule has 2 atom stereocenters. The third-order valence-corrected chi connectivity index (χ3v) is 4.52. The number of amides is 1. The van der Waals surface area contributed by atoms with Gasteiger partial charge in [-0.2, -0.15) is 0 Å². The Labute approximate surface area is 127 Å². The number of carbonyl (C=O) groups excluding carboxylic acids is 1. The predicted molar refractivity (Wildman–Crippen MR) is 82.6 cm³/mol. The van der Waals surface area contributed by atoms with Gasteiger partial charge in [0, 0.05) is 9.50 Å². The smallest absolute Gasteiger partial charge is 0.241 e. The largest absolute Gasteiger partial charge is 0.324 e. The Kier molecular flexibility index (Phi) is 5.25. The molecule has 1 saturated heterocycles. The molecular formula is C14H18BrClN2O. The van der Waals surface area contributed by atoms with E-state index in [4.69, 9.17) is 11.6 Å². The first-order valence-electron chi connectivity index (χ1n) is 6.59. The summed E-state index contributed by atoms with van der Waals surface area (Å²) in [5.74, 6) is 0.654. The van der Waals surface area contributed by atoms with Crippen molar-refractivity contribution in [2.45, 2.75) is 32.2 Å². The highest BCUT2D eigenvalue weighted by Crippen LogP contribution is 2.27. The molecule has 0 spiro atoms. The fourth-order valence-corrected chi connectivity index (χ4v) is 2.90. The van der Waals surface area contributed by atoms with Gasteiger partial charge in [0.25, 0.3) is 0 Å². The summed E-state index contributed by atoms with van der Waals surface area (Å²) in [4.78, 5) is 12.3. The van der Waals surface area contributed by atoms with Crippen molar-refractivity contribution in [2.75, 3.05) is 11.9 Å². The van der Waals surface area contributed by atoms with Crippen LogP contribution in [0.1, 0.15) is 26.2 Å². The van der Waals surface area contributed by atoms with Gasteiger partial charge in [-0.15, -0.1) is 0 Å². The highest BCUT2D eigenvalue weighted by atomic mass is 79.9. The highest BCUT2D eigenvalue weighted by Gasteiger charge is 2.26. The van der Waals surface area contributed by atoms with Gasteiger partial charge >= 0.3 is 0 Å². The zero-order chi connectivity index (χ0) is 13.8. The Bertz CT molecular complexity index is 467. The van der Waals surface area contributed by atoms with E-state index in [1.807, 2.05) is 6.07 Å². The maximum atomic E-state index is 12.3. The number of nitrogens with one attached hydrogen (secondary N) is 2. The molecule has 1 heterocycles. The average molecular weight is 346 g/mol. The van der Waals surface area contributed by atoms with Gasteiger partial charge in [0.05, 0.1) is 11.7 Å². The summed E-state index contributed by atoms with van der Waals surface area (Å²) >= 11 is 9.36. The van der Waals surface area contributed by atoms with E-state index in [0.29, 0.717) is 10.9 Å². The van der Waals surface area contributed by atoms with Gasteiger partial charge in [0.1, 0.15) is 0 Å². The van der Waals surface area contributed by atoms with Crippen LogP contribution in [0.25, 0.3) is 0 Å². The number of hydrogen-bond donors (Lipinski definition) is 2.